The van der Waals surface area contributed by atoms with E-state index in [9.17, 15) is 4.20 Å². The van der Waals surface area contributed by atoms with Gasteiger partial charge in [0.2, 0.25) is 0 Å². The van der Waals surface area contributed by atoms with Crippen molar-refractivity contribution in [2.24, 2.45) is 0 Å². The Hall–Kier alpha value is 0.280. The summed E-state index contributed by atoms with van der Waals surface area (Å²) >= 11 is 0. The molecule has 0 spiro atoms. The molecule has 0 heterocycles. The van der Waals surface area contributed by atoms with E-state index in [1.807, 2.05) is 0 Å². The lowest BCUT2D eigenvalue weighted by molar-refractivity contribution is 0.495. The van der Waals surface area contributed by atoms with Gasteiger partial charge in [-0.2, -0.15) is 0 Å². The zero-order valence-electron chi connectivity index (χ0n) is 6.72. The number of halogens is 1. The SMILES string of the molecule is CN(C)[P+](C)(F)N(C)C. The Morgan fingerprint density at radius 3 is 1.22 bits per heavy atom. The van der Waals surface area contributed by atoms with E-state index in [1.165, 1.54) is 0 Å². The lowest BCUT2D eigenvalue weighted by Gasteiger charge is -2.22. The third-order valence-corrected chi connectivity index (χ3v) is 4.38. The summed E-state index contributed by atoms with van der Waals surface area (Å²) in [5.41, 5.74) is 0. The topological polar surface area (TPSA) is 6.48 Å². The zero-order chi connectivity index (χ0) is 7.65. The van der Waals surface area contributed by atoms with Gasteiger partial charge in [-0.1, -0.05) is 0 Å². The molecule has 0 amide bonds. The molecule has 2 nitrogen and oxygen atoms in total. The van der Waals surface area contributed by atoms with Gasteiger partial charge in [0.15, 0.2) is 0 Å². The molecular weight excluding hydrogens is 138 g/mol. The quantitative estimate of drug-likeness (QED) is 0.554. The maximum absolute atomic E-state index is 13.3. The van der Waals surface area contributed by atoms with E-state index in [1.54, 1.807) is 44.2 Å². The summed E-state index contributed by atoms with van der Waals surface area (Å²) in [5, 5.41) is 0. The van der Waals surface area contributed by atoms with Gasteiger partial charge in [-0.3, -0.25) is 0 Å². The Labute approximate surface area is 57.2 Å². The van der Waals surface area contributed by atoms with Gasteiger partial charge < -0.3 is 0 Å². The van der Waals surface area contributed by atoms with Gasteiger partial charge in [-0.25, -0.2) is 0 Å². The Bertz CT molecular complexity index is 83.0. The molecule has 0 aromatic rings. The highest BCUT2D eigenvalue weighted by Gasteiger charge is 2.39. The van der Waals surface area contributed by atoms with Crippen LogP contribution in [0.5, 0.6) is 0 Å². The maximum Gasteiger partial charge on any atom is 0.344 e. The van der Waals surface area contributed by atoms with Crippen LogP contribution in [0.1, 0.15) is 0 Å². The normalized spacial score (nSPS) is 13.3. The van der Waals surface area contributed by atoms with Gasteiger partial charge in [0.25, 0.3) is 0 Å². The highest BCUT2D eigenvalue weighted by Crippen LogP contribution is 2.59. The second-order valence-electron chi connectivity index (χ2n) is 2.50. The Kier molecular flexibility index (Phi) is 3.00. The van der Waals surface area contributed by atoms with E-state index in [4.69, 9.17) is 0 Å². The minimum atomic E-state index is -2.42. The summed E-state index contributed by atoms with van der Waals surface area (Å²) in [6.45, 7) is 1.63. The van der Waals surface area contributed by atoms with Crippen molar-refractivity contribution in [3.05, 3.63) is 0 Å². The molecule has 0 saturated carbocycles. The molecule has 9 heavy (non-hydrogen) atoms. The van der Waals surface area contributed by atoms with E-state index in [0.29, 0.717) is 0 Å². The maximum atomic E-state index is 13.3. The molecular formula is C5H15FN2P+. The molecule has 0 N–H and O–H groups in total. The van der Waals surface area contributed by atoms with E-state index in [-0.39, 0.29) is 0 Å². The molecule has 0 aliphatic rings. The van der Waals surface area contributed by atoms with Crippen molar-refractivity contribution >= 4 is 7.87 Å². The van der Waals surface area contributed by atoms with Gasteiger partial charge in [0.1, 0.15) is 6.66 Å². The third-order valence-electron chi connectivity index (χ3n) is 1.46. The average molecular weight is 153 g/mol. The summed E-state index contributed by atoms with van der Waals surface area (Å²) in [6, 6.07) is 0. The van der Waals surface area contributed by atoms with Crippen molar-refractivity contribution in [2.75, 3.05) is 34.9 Å². The minimum Gasteiger partial charge on any atom is -0.140 e. The van der Waals surface area contributed by atoms with Crippen LogP contribution in [0.2, 0.25) is 0 Å². The molecule has 0 aliphatic carbocycles. The first-order valence-electron chi connectivity index (χ1n) is 2.81. The second kappa shape index (κ2) is 2.91. The van der Waals surface area contributed by atoms with E-state index in [2.05, 4.69) is 0 Å². The van der Waals surface area contributed by atoms with E-state index < -0.39 is 7.87 Å². The average Bonchev–Trinajstić information content (AvgIpc) is 1.65. The summed E-state index contributed by atoms with van der Waals surface area (Å²) in [6.07, 6.45) is 0. The third kappa shape index (κ3) is 2.17. The molecule has 0 unspecified atom stereocenters. The largest absolute Gasteiger partial charge is 0.344 e. The number of hydrogen-bond donors (Lipinski definition) is 0. The predicted octanol–water partition coefficient (Wildman–Crippen LogP) is 1.47. The van der Waals surface area contributed by atoms with Crippen molar-refractivity contribution in [1.82, 2.24) is 9.34 Å². The van der Waals surface area contributed by atoms with Crippen molar-refractivity contribution < 1.29 is 4.20 Å². The number of rotatable bonds is 2. The monoisotopic (exact) mass is 153 g/mol. The number of nitrogens with zero attached hydrogens (tertiary/aromatic N) is 2. The van der Waals surface area contributed by atoms with Crippen LogP contribution in [0.25, 0.3) is 0 Å². The molecule has 0 saturated heterocycles. The first kappa shape index (κ1) is 9.28. The summed E-state index contributed by atoms with van der Waals surface area (Å²) < 4.78 is 16.6. The fourth-order valence-corrected chi connectivity index (χ4v) is 1.07. The highest BCUT2D eigenvalue weighted by molar-refractivity contribution is 7.65. The minimum absolute atomic E-state index is 1.63. The lowest BCUT2D eigenvalue weighted by Crippen LogP contribution is -2.22. The number of hydrogen-bond acceptors (Lipinski definition) is 2. The van der Waals surface area contributed by atoms with E-state index >= 15 is 0 Å². The summed E-state index contributed by atoms with van der Waals surface area (Å²) in [5.74, 6) is 0. The molecule has 0 aromatic carbocycles. The molecule has 0 radical (unpaired) electrons. The summed E-state index contributed by atoms with van der Waals surface area (Å²) in [7, 11) is 4.61. The molecule has 56 valence electrons. The van der Waals surface area contributed by atoms with Crippen molar-refractivity contribution in [1.29, 1.82) is 0 Å². The Balaban J connectivity index is 4.01. The lowest BCUT2D eigenvalue weighted by atomic mass is 11.3. The van der Waals surface area contributed by atoms with Gasteiger partial charge >= 0.3 is 7.87 Å². The van der Waals surface area contributed by atoms with Gasteiger partial charge in [-0.15, -0.1) is 9.34 Å². The van der Waals surface area contributed by atoms with Gasteiger partial charge in [-0.05, 0) is 4.20 Å². The first-order chi connectivity index (χ1) is 3.89. The van der Waals surface area contributed by atoms with Crippen molar-refractivity contribution in [3.8, 4) is 0 Å². The van der Waals surface area contributed by atoms with Crippen LogP contribution >= 0.6 is 7.87 Å². The molecule has 0 aliphatic heterocycles. The fourth-order valence-electron chi connectivity index (χ4n) is 0.358. The highest BCUT2D eigenvalue weighted by atomic mass is 31.2. The standard InChI is InChI=1S/C5H15FN2P/c1-7(2)9(5,6)8(3)4/h1-5H3/q+1. The van der Waals surface area contributed by atoms with Crippen LogP contribution in [-0.2, 0) is 0 Å². The van der Waals surface area contributed by atoms with Crippen molar-refractivity contribution in [3.63, 3.8) is 0 Å². The second-order valence-corrected chi connectivity index (χ2v) is 5.72. The zero-order valence-corrected chi connectivity index (χ0v) is 7.61. The van der Waals surface area contributed by atoms with Crippen LogP contribution in [0, 0.1) is 0 Å². The molecule has 0 atom stereocenters. The smallest absolute Gasteiger partial charge is 0.140 e. The predicted molar refractivity (Wildman–Crippen MR) is 41.3 cm³/mol. The van der Waals surface area contributed by atoms with Crippen LogP contribution in [0.4, 0.5) is 4.20 Å². The van der Waals surface area contributed by atoms with Crippen LogP contribution in [0.15, 0.2) is 0 Å². The van der Waals surface area contributed by atoms with E-state index in [0.717, 1.165) is 0 Å². The van der Waals surface area contributed by atoms with Crippen LogP contribution in [-0.4, -0.2) is 44.2 Å². The van der Waals surface area contributed by atoms with Crippen molar-refractivity contribution in [2.45, 2.75) is 0 Å². The van der Waals surface area contributed by atoms with Crippen LogP contribution in [0.3, 0.4) is 0 Å². The molecule has 4 heteroatoms. The summed E-state index contributed by atoms with van der Waals surface area (Å²) in [4.78, 5) is 0. The van der Waals surface area contributed by atoms with Gasteiger partial charge in [0, 0.05) is 28.2 Å². The Morgan fingerprint density at radius 2 is 1.22 bits per heavy atom. The fraction of sp³-hybridized carbons (Fsp3) is 1.00. The van der Waals surface area contributed by atoms with Crippen LogP contribution < -0.4 is 0 Å². The molecule has 0 fully saturated rings. The molecule has 0 bridgehead atoms. The first-order valence-corrected chi connectivity index (χ1v) is 4.84. The molecule has 0 aromatic heterocycles. The Morgan fingerprint density at radius 1 is 1.00 bits per heavy atom. The van der Waals surface area contributed by atoms with Gasteiger partial charge in [0.05, 0.1) is 0 Å². The molecule has 0 rings (SSSR count).